The molecule has 40 heteroatoms. The van der Waals surface area contributed by atoms with Crippen molar-refractivity contribution in [1.29, 1.82) is 0 Å². The van der Waals surface area contributed by atoms with Gasteiger partial charge in [-0.2, -0.15) is 0 Å². The van der Waals surface area contributed by atoms with E-state index >= 15 is 0 Å². The molecule has 610 valence electrons. The van der Waals surface area contributed by atoms with E-state index in [1.165, 1.54) is 20.8 Å². The van der Waals surface area contributed by atoms with Gasteiger partial charge in [0.1, 0.15) is 59.8 Å². The van der Waals surface area contributed by atoms with Crippen LogP contribution < -0.4 is 59.1 Å². The largest absolute Gasteiger partial charge is 0.396 e. The van der Waals surface area contributed by atoms with Crippen LogP contribution in [-0.2, 0) is 95.4 Å². The minimum atomic E-state index is -1.50. The van der Waals surface area contributed by atoms with E-state index in [0.29, 0.717) is 57.8 Å². The number of aliphatic hydroxyl groups excluding tert-OH is 9. The first-order valence-electron chi connectivity index (χ1n) is 36.7. The fourth-order valence-electron chi connectivity index (χ4n) is 15.6. The van der Waals surface area contributed by atoms with Gasteiger partial charge < -0.3 is 142 Å². The highest BCUT2D eigenvalue weighted by Gasteiger charge is 2.92. The van der Waals surface area contributed by atoms with Gasteiger partial charge in [-0.1, -0.05) is 0 Å². The number of carbonyl (C=O) groups is 10. The third-order valence-electron chi connectivity index (χ3n) is 20.7. The Hall–Kier alpha value is -6.10. The van der Waals surface area contributed by atoms with Crippen LogP contribution in [0.15, 0.2) is 0 Å². The third-order valence-corrected chi connectivity index (χ3v) is 20.7. The van der Waals surface area contributed by atoms with Gasteiger partial charge in [0.25, 0.3) is 0 Å². The number of nitrogens with two attached hydrogens (primary N) is 1. The Kier molecular flexibility index (Phi) is 34.4. The number of nitrogens with one attached hydrogen (secondary N) is 10. The minimum Gasteiger partial charge on any atom is -0.396 e. The Bertz CT molecular complexity index is 2830. The SMILES string of the molecule is CC(=O)NC1C(O)[C@@H](O)C(CO)O[C@H]1OCCCCC(=O)NCCCNC(=O)CCOCC(COCCC(=O)NCCCNC(=O)CCCCO[C@@H]1OC2C3(CO)C(C(O)[C@H]3O)C21NC(C)=O)(COCCC(=O)NCCCNC(=O)CCCCO[C@@H]1OC2C3(CO)C(C(O)[C@H]3O)C21NC(C)=O)NC(=O)CON. The molecule has 0 radical (unpaired) electrons. The van der Waals surface area contributed by atoms with Crippen molar-refractivity contribution in [3.8, 4) is 0 Å². The fraction of sp³-hybridized carbons (Fsp3) is 0.851. The predicted octanol–water partition coefficient (Wildman–Crippen LogP) is -8.79. The molecule has 7 rings (SSSR count). The third kappa shape index (κ3) is 21.3. The summed E-state index contributed by atoms with van der Waals surface area (Å²) in [5.74, 6) is 0.0716. The van der Waals surface area contributed by atoms with Crippen molar-refractivity contribution >= 4 is 59.1 Å². The second-order valence-corrected chi connectivity index (χ2v) is 28.4. The van der Waals surface area contributed by atoms with E-state index in [-0.39, 0.29) is 179 Å². The first-order chi connectivity index (χ1) is 51.2. The van der Waals surface area contributed by atoms with Gasteiger partial charge >= 0.3 is 0 Å². The molecule has 0 bridgehead atoms. The molecule has 4 saturated carbocycles. The molecule has 3 saturated heterocycles. The maximum atomic E-state index is 13.1. The second-order valence-electron chi connectivity index (χ2n) is 28.4. The van der Waals surface area contributed by atoms with Crippen molar-refractivity contribution in [3.05, 3.63) is 0 Å². The first kappa shape index (κ1) is 88.1. The average molecular weight is 1540 g/mol. The summed E-state index contributed by atoms with van der Waals surface area (Å²) >= 11 is 0. The van der Waals surface area contributed by atoms with Gasteiger partial charge in [0.2, 0.25) is 59.1 Å². The number of aliphatic hydroxyl groups is 9. The summed E-state index contributed by atoms with van der Waals surface area (Å²) in [6.07, 6.45) is -9.34. The highest BCUT2D eigenvalue weighted by Crippen LogP contribution is 2.74. The summed E-state index contributed by atoms with van der Waals surface area (Å²) in [7, 11) is 0. The zero-order valence-corrected chi connectivity index (χ0v) is 61.0. The van der Waals surface area contributed by atoms with Crippen molar-refractivity contribution in [1.82, 2.24) is 53.2 Å². The van der Waals surface area contributed by atoms with Crippen LogP contribution in [0.3, 0.4) is 0 Å². The van der Waals surface area contributed by atoms with Gasteiger partial charge in [-0.3, -0.25) is 52.8 Å². The number of unbranched alkanes of at least 4 members (excludes halogenated alkanes) is 3. The summed E-state index contributed by atoms with van der Waals surface area (Å²) in [6.45, 7) is 2.21. The van der Waals surface area contributed by atoms with Gasteiger partial charge in [0, 0.05) is 130 Å². The summed E-state index contributed by atoms with van der Waals surface area (Å²) in [5.41, 5.74) is -5.83. The lowest BCUT2D eigenvalue weighted by Gasteiger charge is -2.82. The molecule has 3 aliphatic heterocycles. The predicted molar refractivity (Wildman–Crippen MR) is 364 cm³/mol. The average Bonchev–Trinajstić information content (AvgIpc) is 0.632. The monoisotopic (exact) mass is 1540 g/mol. The summed E-state index contributed by atoms with van der Waals surface area (Å²) in [6, 6.07) is -1.09. The smallest absolute Gasteiger partial charge is 0.248 e. The van der Waals surface area contributed by atoms with Crippen molar-refractivity contribution in [2.45, 2.75) is 214 Å². The van der Waals surface area contributed by atoms with E-state index in [1.807, 2.05) is 0 Å². The summed E-state index contributed by atoms with van der Waals surface area (Å²) < 4.78 is 52.4. The van der Waals surface area contributed by atoms with Crippen molar-refractivity contribution < 1.29 is 141 Å². The van der Waals surface area contributed by atoms with E-state index in [1.54, 1.807) is 0 Å². The van der Waals surface area contributed by atoms with Gasteiger partial charge in [-0.25, -0.2) is 5.90 Å². The molecule has 19 atom stereocenters. The Labute approximate surface area is 618 Å². The molecule has 40 nitrogen and oxygen atoms in total. The zero-order chi connectivity index (χ0) is 78.1. The van der Waals surface area contributed by atoms with Crippen molar-refractivity contribution in [2.75, 3.05) is 125 Å². The molecule has 13 unspecified atom stereocenters. The van der Waals surface area contributed by atoms with Gasteiger partial charge in [-0.15, -0.1) is 0 Å². The second kappa shape index (κ2) is 41.8. The lowest BCUT2D eigenvalue weighted by Crippen LogP contribution is -3.01. The van der Waals surface area contributed by atoms with Crippen LogP contribution in [0, 0.1) is 22.7 Å². The highest BCUT2D eigenvalue weighted by atomic mass is 16.7. The Morgan fingerprint density at radius 3 is 1.13 bits per heavy atom. The van der Waals surface area contributed by atoms with Crippen LogP contribution in [0.25, 0.3) is 0 Å². The van der Waals surface area contributed by atoms with Crippen molar-refractivity contribution in [3.63, 3.8) is 0 Å². The number of amides is 10. The Balaban J connectivity index is 0.775. The Morgan fingerprint density at radius 1 is 0.430 bits per heavy atom. The molecule has 3 heterocycles. The fourth-order valence-corrected chi connectivity index (χ4v) is 15.6. The number of carbonyl (C=O) groups excluding carboxylic acids is 10. The molecule has 4 aliphatic carbocycles. The van der Waals surface area contributed by atoms with Crippen molar-refractivity contribution in [2.24, 2.45) is 28.6 Å². The topological polar surface area (TPSA) is 591 Å². The lowest BCUT2D eigenvalue weighted by atomic mass is 9.32. The molecule has 0 aromatic rings. The molecule has 21 N–H and O–H groups in total. The van der Waals surface area contributed by atoms with E-state index in [9.17, 15) is 93.9 Å². The Morgan fingerprint density at radius 2 is 0.794 bits per heavy atom. The summed E-state index contributed by atoms with van der Waals surface area (Å²) in [4.78, 5) is 130. The maximum absolute atomic E-state index is 13.1. The summed E-state index contributed by atoms with van der Waals surface area (Å²) in [5, 5.41) is 119. The van der Waals surface area contributed by atoms with E-state index in [2.05, 4.69) is 58.0 Å². The number of hydrogen-bond acceptors (Lipinski definition) is 30. The van der Waals surface area contributed by atoms with E-state index in [4.69, 9.17) is 48.5 Å². The van der Waals surface area contributed by atoms with Crippen LogP contribution >= 0.6 is 0 Å². The molecule has 10 amide bonds. The van der Waals surface area contributed by atoms with E-state index < -0.39 is 163 Å². The molecule has 0 aromatic heterocycles. The number of ether oxygens (including phenoxy) is 9. The number of fused-ring (bicyclic) bond motifs is 8. The molecular weight excluding hydrogens is 1420 g/mol. The van der Waals surface area contributed by atoms with Crippen LogP contribution in [0.1, 0.15) is 117 Å². The van der Waals surface area contributed by atoms with Crippen LogP contribution in [-0.4, -0.2) is 327 Å². The van der Waals surface area contributed by atoms with E-state index in [0.717, 1.165) is 0 Å². The molecule has 7 aliphatic rings. The van der Waals surface area contributed by atoms with Gasteiger partial charge in [0.05, 0.1) is 94.7 Å². The quantitative estimate of drug-likeness (QED) is 0.0199. The normalized spacial score (nSPS) is 31.5. The number of rotatable bonds is 54. The minimum absolute atomic E-state index is 0.0779. The van der Waals surface area contributed by atoms with Crippen LogP contribution in [0.2, 0.25) is 0 Å². The van der Waals surface area contributed by atoms with Crippen LogP contribution in [0.5, 0.6) is 0 Å². The molecule has 107 heavy (non-hydrogen) atoms. The number of hydrogen-bond donors (Lipinski definition) is 20. The van der Waals surface area contributed by atoms with Crippen LogP contribution in [0.4, 0.5) is 0 Å². The molecule has 7 fully saturated rings. The molecular formula is C67H113N11O29. The van der Waals surface area contributed by atoms with Gasteiger partial charge in [-0.05, 0) is 57.8 Å². The first-order valence-corrected chi connectivity index (χ1v) is 36.7. The maximum Gasteiger partial charge on any atom is 0.248 e. The van der Waals surface area contributed by atoms with Gasteiger partial charge in [0.15, 0.2) is 18.9 Å². The standard InChI is InChI=1S/C67H113N11O29/c1-38(82)75-49-51(93)50(92)41(31-79)105-58(49)101-25-7-4-13-42(85)69-19-10-22-72-45(88)16-28-98-35-63(78-48(91)32-104-68,36-99-29-17-46(89)73-23-11-20-70-43(86)14-5-8-26-102-61-66(76-39(2)83)54-52(94)56(96)64(54,33-80)59(66)106-61)37-100-30-18-47(90)74-24-12-21-71-44(87)15-6-9-27-103-62-67(77-40(3)84)55-53(95)57(97)65(55,34-81)60(67)107-62/h41,49-62,79-81,92-97H,4-37,68H2,1-3H3,(H,69,85)(H,70,86)(H,71,87)(H,72,88)(H,73,89)(H,74,90)(H,75,82)(H,76,83)(H,77,84)(H,78,91)/t41?,49?,50-,51?,52?,53?,54?,55?,56+,57+,58+,59?,60?,61+,62+,63?,64?,65?,66?,67?/m0/s1. The molecule has 0 spiro atoms. The highest BCUT2D eigenvalue weighted by molar-refractivity contribution is 5.80. The zero-order valence-electron chi connectivity index (χ0n) is 61.0. The molecule has 0 aromatic carbocycles. The lowest BCUT2D eigenvalue weighted by molar-refractivity contribution is -0.496.